The van der Waals surface area contributed by atoms with Crippen LogP contribution in [0.3, 0.4) is 0 Å². The maximum atomic E-state index is 11.8. The quantitative estimate of drug-likeness (QED) is 0.264. The molecule has 1 aromatic heterocycles. The first-order valence-corrected chi connectivity index (χ1v) is 10.4. The molecule has 0 saturated heterocycles. The van der Waals surface area contributed by atoms with Gasteiger partial charge in [0.2, 0.25) is 0 Å². The maximum absolute atomic E-state index is 11.8. The van der Waals surface area contributed by atoms with Crippen molar-refractivity contribution in [1.29, 1.82) is 0 Å². The summed E-state index contributed by atoms with van der Waals surface area (Å²) >= 11 is 1.67. The van der Waals surface area contributed by atoms with Gasteiger partial charge in [-0.1, -0.05) is 12.1 Å². The zero-order chi connectivity index (χ0) is 19.8. The molecule has 29 heavy (non-hydrogen) atoms. The zero-order valence-corrected chi connectivity index (χ0v) is 19.9. The number of guanidine groups is 1. The first kappa shape index (κ1) is 23.4. The molecule has 1 heterocycles. The number of aryl methyl sites for hydroxylation is 1. The average molecular weight is 529 g/mol. The van der Waals surface area contributed by atoms with Crippen LogP contribution in [0.1, 0.15) is 35.2 Å². The van der Waals surface area contributed by atoms with E-state index in [9.17, 15) is 4.79 Å². The molecule has 0 aliphatic heterocycles. The van der Waals surface area contributed by atoms with Crippen LogP contribution in [0, 0.1) is 6.92 Å². The predicted molar refractivity (Wildman–Crippen MR) is 127 cm³/mol. The summed E-state index contributed by atoms with van der Waals surface area (Å²) in [7, 11) is 0. The van der Waals surface area contributed by atoms with Crippen molar-refractivity contribution >= 4 is 47.2 Å². The number of aliphatic imine (C=N–C) groups is 1. The Hall–Kier alpha value is -1.88. The van der Waals surface area contributed by atoms with Crippen LogP contribution in [0.2, 0.25) is 0 Å². The van der Waals surface area contributed by atoms with E-state index in [4.69, 9.17) is 4.74 Å². The molecular formula is C20H28IN5O2S. The van der Waals surface area contributed by atoms with E-state index in [0.29, 0.717) is 24.9 Å². The summed E-state index contributed by atoms with van der Waals surface area (Å²) < 4.78 is 5.60. The van der Waals surface area contributed by atoms with E-state index in [1.807, 2.05) is 44.3 Å². The molecule has 0 radical (unpaired) electrons. The predicted octanol–water partition coefficient (Wildman–Crippen LogP) is 2.98. The average Bonchev–Trinajstić information content (AvgIpc) is 3.41. The van der Waals surface area contributed by atoms with Crippen molar-refractivity contribution in [2.45, 2.75) is 45.8 Å². The third kappa shape index (κ3) is 8.57. The first-order chi connectivity index (χ1) is 13.6. The van der Waals surface area contributed by atoms with Crippen LogP contribution in [0.15, 0.2) is 35.5 Å². The highest BCUT2D eigenvalue weighted by Gasteiger charge is 2.23. The van der Waals surface area contributed by atoms with Crippen LogP contribution in [0.4, 0.5) is 0 Å². The molecule has 9 heteroatoms. The Morgan fingerprint density at radius 3 is 2.86 bits per heavy atom. The molecule has 1 fully saturated rings. The number of hydrogen-bond donors (Lipinski definition) is 3. The Morgan fingerprint density at radius 1 is 1.34 bits per heavy atom. The van der Waals surface area contributed by atoms with Gasteiger partial charge in [0.05, 0.1) is 13.1 Å². The second-order valence-corrected chi connectivity index (χ2v) is 8.01. The van der Waals surface area contributed by atoms with Crippen LogP contribution < -0.4 is 20.7 Å². The zero-order valence-electron chi connectivity index (χ0n) is 16.7. The number of nitrogens with one attached hydrogen (secondary N) is 3. The number of benzene rings is 1. The molecule has 1 aliphatic carbocycles. The van der Waals surface area contributed by atoms with Gasteiger partial charge in [0, 0.05) is 23.7 Å². The Kier molecular flexibility index (Phi) is 9.65. The van der Waals surface area contributed by atoms with E-state index in [0.717, 1.165) is 35.9 Å². The Morgan fingerprint density at radius 2 is 2.17 bits per heavy atom. The molecule has 2 aromatic rings. The molecule has 0 atom stereocenters. The molecule has 1 aromatic carbocycles. The van der Waals surface area contributed by atoms with Crippen molar-refractivity contribution < 1.29 is 9.53 Å². The SMILES string of the molecule is CCNC(=NCc1cccc(OCC(=O)NC2CC2)c1)NCc1ncc(C)s1.I. The molecule has 3 rings (SSSR count). The topological polar surface area (TPSA) is 87.6 Å². The van der Waals surface area contributed by atoms with Crippen molar-refractivity contribution in [2.75, 3.05) is 13.2 Å². The van der Waals surface area contributed by atoms with Crippen LogP contribution in [0.25, 0.3) is 0 Å². The lowest BCUT2D eigenvalue weighted by Crippen LogP contribution is -2.36. The molecule has 3 N–H and O–H groups in total. The fourth-order valence-electron chi connectivity index (χ4n) is 2.53. The molecule has 1 amide bonds. The number of nitrogens with zero attached hydrogens (tertiary/aromatic N) is 2. The molecule has 7 nitrogen and oxygen atoms in total. The van der Waals surface area contributed by atoms with Crippen LogP contribution in [-0.4, -0.2) is 36.0 Å². The Labute approximate surface area is 192 Å². The second-order valence-electron chi connectivity index (χ2n) is 6.69. The van der Waals surface area contributed by atoms with Gasteiger partial charge in [0.1, 0.15) is 10.8 Å². The van der Waals surface area contributed by atoms with Gasteiger partial charge in [-0.2, -0.15) is 0 Å². The van der Waals surface area contributed by atoms with Crippen molar-refractivity contribution in [3.8, 4) is 5.75 Å². The Bertz CT molecular complexity index is 823. The van der Waals surface area contributed by atoms with Crippen LogP contribution >= 0.6 is 35.3 Å². The molecular weight excluding hydrogens is 501 g/mol. The van der Waals surface area contributed by atoms with Crippen molar-refractivity contribution in [3.63, 3.8) is 0 Å². The highest BCUT2D eigenvalue weighted by molar-refractivity contribution is 14.0. The number of hydrogen-bond acceptors (Lipinski definition) is 5. The van der Waals surface area contributed by atoms with Crippen molar-refractivity contribution in [3.05, 3.63) is 45.9 Å². The number of rotatable bonds is 9. The van der Waals surface area contributed by atoms with Gasteiger partial charge in [0.15, 0.2) is 12.6 Å². The van der Waals surface area contributed by atoms with E-state index in [1.165, 1.54) is 4.88 Å². The number of amides is 1. The molecule has 0 unspecified atom stereocenters. The van der Waals surface area contributed by atoms with Gasteiger partial charge in [-0.15, -0.1) is 35.3 Å². The van der Waals surface area contributed by atoms with Gasteiger partial charge < -0.3 is 20.7 Å². The van der Waals surface area contributed by atoms with Gasteiger partial charge in [-0.25, -0.2) is 9.98 Å². The molecule has 0 spiro atoms. The largest absolute Gasteiger partial charge is 0.484 e. The number of aromatic nitrogens is 1. The summed E-state index contributed by atoms with van der Waals surface area (Å²) in [5.41, 5.74) is 1.02. The van der Waals surface area contributed by atoms with E-state index in [1.54, 1.807) is 11.3 Å². The molecule has 1 aliphatic rings. The minimum Gasteiger partial charge on any atom is -0.484 e. The van der Waals surface area contributed by atoms with E-state index in [2.05, 4.69) is 25.9 Å². The summed E-state index contributed by atoms with van der Waals surface area (Å²) in [6.45, 7) is 6.06. The smallest absolute Gasteiger partial charge is 0.258 e. The highest BCUT2D eigenvalue weighted by atomic mass is 127. The fourth-order valence-corrected chi connectivity index (χ4v) is 3.26. The summed E-state index contributed by atoms with van der Waals surface area (Å²) in [5, 5.41) is 10.5. The lowest BCUT2D eigenvalue weighted by molar-refractivity contribution is -0.123. The van der Waals surface area contributed by atoms with Gasteiger partial charge >= 0.3 is 0 Å². The lowest BCUT2D eigenvalue weighted by Gasteiger charge is -2.11. The minimum atomic E-state index is -0.0676. The van der Waals surface area contributed by atoms with E-state index in [-0.39, 0.29) is 36.5 Å². The van der Waals surface area contributed by atoms with Crippen LogP contribution in [0.5, 0.6) is 5.75 Å². The number of halogens is 1. The summed E-state index contributed by atoms with van der Waals surface area (Å²) in [6, 6.07) is 8.03. The highest BCUT2D eigenvalue weighted by Crippen LogP contribution is 2.18. The standard InChI is InChI=1S/C20H27N5O2S.HI/c1-3-21-20(24-12-19-22-10-14(2)28-19)23-11-15-5-4-6-17(9-15)27-13-18(26)25-16-7-8-16;/h4-6,9-10,16H,3,7-8,11-13H2,1-2H3,(H,25,26)(H2,21,23,24);1H. The monoisotopic (exact) mass is 529 g/mol. The summed E-state index contributed by atoms with van der Waals surface area (Å²) in [4.78, 5) is 21.9. The Balaban J connectivity index is 0.00000300. The number of carbonyl (C=O) groups is 1. The van der Waals surface area contributed by atoms with Crippen molar-refractivity contribution in [2.24, 2.45) is 4.99 Å². The van der Waals surface area contributed by atoms with Gasteiger partial charge in [-0.05, 0) is 44.4 Å². The molecule has 158 valence electrons. The molecule has 0 bridgehead atoms. The van der Waals surface area contributed by atoms with Gasteiger partial charge in [0.25, 0.3) is 5.91 Å². The third-order valence-electron chi connectivity index (χ3n) is 4.05. The minimum absolute atomic E-state index is 0. The second kappa shape index (κ2) is 12.0. The van der Waals surface area contributed by atoms with Crippen LogP contribution in [-0.2, 0) is 17.9 Å². The lowest BCUT2D eigenvalue weighted by atomic mass is 10.2. The fraction of sp³-hybridized carbons (Fsp3) is 0.450. The number of ether oxygens (including phenoxy) is 1. The number of carbonyl (C=O) groups excluding carboxylic acids is 1. The van der Waals surface area contributed by atoms with Gasteiger partial charge in [-0.3, -0.25) is 4.79 Å². The maximum Gasteiger partial charge on any atom is 0.258 e. The third-order valence-corrected chi connectivity index (χ3v) is 4.96. The normalized spacial score (nSPS) is 13.4. The van der Waals surface area contributed by atoms with E-state index < -0.39 is 0 Å². The molecule has 1 saturated carbocycles. The number of thiazole rings is 1. The van der Waals surface area contributed by atoms with Crippen molar-refractivity contribution in [1.82, 2.24) is 20.9 Å². The summed E-state index contributed by atoms with van der Waals surface area (Å²) in [5.74, 6) is 1.35. The van der Waals surface area contributed by atoms with E-state index >= 15 is 0 Å². The summed E-state index contributed by atoms with van der Waals surface area (Å²) in [6.07, 6.45) is 4.02. The first-order valence-electron chi connectivity index (χ1n) is 9.57.